The minimum atomic E-state index is -4.68. The first-order chi connectivity index (χ1) is 13.0. The zero-order valence-electron chi connectivity index (χ0n) is 14.3. The Morgan fingerprint density at radius 3 is 1.68 bits per heavy atom. The maximum Gasteiger partial charge on any atom is 0.391 e. The highest BCUT2D eigenvalue weighted by atomic mass is 19.4. The summed E-state index contributed by atoms with van der Waals surface area (Å²) >= 11 is 0. The van der Waals surface area contributed by atoms with Crippen LogP contribution in [0, 0.1) is 29.2 Å². The molecule has 1 saturated carbocycles. The summed E-state index contributed by atoms with van der Waals surface area (Å²) in [5, 5.41) is 18.7. The lowest BCUT2D eigenvalue weighted by molar-refractivity contribution is -0.186. The van der Waals surface area contributed by atoms with Crippen LogP contribution in [0.15, 0.2) is 24.3 Å². The molecule has 0 aromatic heterocycles. The Morgan fingerprint density at radius 1 is 0.786 bits per heavy atom. The summed E-state index contributed by atoms with van der Waals surface area (Å²) in [5.74, 6) is -10.7. The van der Waals surface area contributed by atoms with Gasteiger partial charge in [-0.05, 0) is 31.4 Å². The van der Waals surface area contributed by atoms with Crippen LogP contribution in [0.3, 0.4) is 0 Å². The second-order valence-electron chi connectivity index (χ2n) is 6.94. The van der Waals surface area contributed by atoms with Gasteiger partial charge in [-0.25, -0.2) is 8.78 Å². The van der Waals surface area contributed by atoms with Crippen LogP contribution in [0.1, 0.15) is 36.8 Å². The van der Waals surface area contributed by atoms with E-state index in [-0.39, 0.29) is 19.3 Å². The third kappa shape index (κ3) is 3.16. The fourth-order valence-electron chi connectivity index (χ4n) is 4.01. The van der Waals surface area contributed by atoms with E-state index < -0.39 is 69.8 Å². The molecule has 1 aliphatic carbocycles. The Kier molecular flexibility index (Phi) is 4.97. The summed E-state index contributed by atoms with van der Waals surface area (Å²) in [6.07, 6.45) is -6.12. The highest BCUT2D eigenvalue weighted by molar-refractivity contribution is 5.46. The SMILES string of the molecule is Oc1ccc(C2(c3ccc(O)c(F)c3F)CCCC(C(F)(F)F)C2)c(F)c1F. The average molecular weight is 408 g/mol. The average Bonchev–Trinajstić information content (AvgIpc) is 2.63. The number of aromatic hydroxyl groups is 2. The number of alkyl halides is 3. The van der Waals surface area contributed by atoms with Crippen LogP contribution in [0.5, 0.6) is 11.5 Å². The van der Waals surface area contributed by atoms with E-state index >= 15 is 0 Å². The minimum Gasteiger partial charge on any atom is -0.505 e. The number of halogens is 7. The van der Waals surface area contributed by atoms with Crippen LogP contribution in [0.4, 0.5) is 30.7 Å². The third-order valence-electron chi connectivity index (χ3n) is 5.37. The topological polar surface area (TPSA) is 40.5 Å². The Bertz CT molecular complexity index is 851. The molecule has 0 heterocycles. The molecule has 1 atom stereocenters. The first-order valence-corrected chi connectivity index (χ1v) is 8.40. The fourth-order valence-corrected chi connectivity index (χ4v) is 4.01. The lowest BCUT2D eigenvalue weighted by Gasteiger charge is -2.42. The largest absolute Gasteiger partial charge is 0.505 e. The Hall–Kier alpha value is -2.45. The van der Waals surface area contributed by atoms with E-state index in [4.69, 9.17) is 0 Å². The molecule has 2 aromatic carbocycles. The van der Waals surface area contributed by atoms with Crippen molar-refractivity contribution < 1.29 is 40.9 Å². The molecule has 0 spiro atoms. The second kappa shape index (κ2) is 6.86. The first-order valence-electron chi connectivity index (χ1n) is 8.40. The summed E-state index contributed by atoms with van der Waals surface area (Å²) in [7, 11) is 0. The summed E-state index contributed by atoms with van der Waals surface area (Å²) in [4.78, 5) is 0. The van der Waals surface area contributed by atoms with E-state index in [9.17, 15) is 40.9 Å². The lowest BCUT2D eigenvalue weighted by Crippen LogP contribution is -2.41. The Morgan fingerprint density at radius 2 is 1.25 bits per heavy atom. The summed E-state index contributed by atoms with van der Waals surface area (Å²) in [6, 6.07) is 3.25. The Labute approximate surface area is 155 Å². The van der Waals surface area contributed by atoms with Gasteiger partial charge in [0.2, 0.25) is 11.6 Å². The van der Waals surface area contributed by atoms with E-state index in [1.165, 1.54) is 0 Å². The van der Waals surface area contributed by atoms with Gasteiger partial charge in [0.15, 0.2) is 23.1 Å². The molecular weight excluding hydrogens is 393 g/mol. The number of rotatable bonds is 2. The van der Waals surface area contributed by atoms with E-state index in [1.807, 2.05) is 0 Å². The van der Waals surface area contributed by atoms with Gasteiger partial charge >= 0.3 is 6.18 Å². The number of phenols is 2. The summed E-state index contributed by atoms with van der Waals surface area (Å²) < 4.78 is 97.3. The highest BCUT2D eigenvalue weighted by Gasteiger charge is 2.51. The molecule has 2 aromatic rings. The molecule has 9 heteroatoms. The maximum atomic E-state index is 14.6. The monoisotopic (exact) mass is 408 g/mol. The van der Waals surface area contributed by atoms with Crippen LogP contribution in [0.2, 0.25) is 0 Å². The van der Waals surface area contributed by atoms with Crippen LogP contribution in [-0.4, -0.2) is 16.4 Å². The molecule has 28 heavy (non-hydrogen) atoms. The van der Waals surface area contributed by atoms with Gasteiger partial charge in [0.1, 0.15) is 0 Å². The van der Waals surface area contributed by atoms with Crippen molar-refractivity contribution in [3.8, 4) is 11.5 Å². The molecule has 0 amide bonds. The summed E-state index contributed by atoms with van der Waals surface area (Å²) in [5.41, 5.74) is -3.25. The first kappa shape index (κ1) is 20.3. The second-order valence-corrected chi connectivity index (χ2v) is 6.94. The molecule has 2 N–H and O–H groups in total. The maximum absolute atomic E-state index is 14.6. The normalized spacial score (nSPS) is 19.6. The number of hydrogen-bond donors (Lipinski definition) is 2. The van der Waals surface area contributed by atoms with Crippen molar-refractivity contribution in [1.29, 1.82) is 0 Å². The smallest absolute Gasteiger partial charge is 0.391 e. The molecule has 1 unspecified atom stereocenters. The van der Waals surface area contributed by atoms with Crippen LogP contribution >= 0.6 is 0 Å². The Balaban J connectivity index is 2.30. The van der Waals surface area contributed by atoms with E-state index in [0.717, 1.165) is 24.3 Å². The van der Waals surface area contributed by atoms with Gasteiger partial charge in [-0.1, -0.05) is 18.6 Å². The molecule has 0 radical (unpaired) electrons. The fraction of sp³-hybridized carbons (Fsp3) is 0.368. The quantitative estimate of drug-likeness (QED) is 0.627. The molecule has 1 aliphatic rings. The predicted molar refractivity (Wildman–Crippen MR) is 84.8 cm³/mol. The molecular formula is C19H15F7O2. The van der Waals surface area contributed by atoms with E-state index in [0.29, 0.717) is 0 Å². The van der Waals surface area contributed by atoms with Crippen molar-refractivity contribution in [3.63, 3.8) is 0 Å². The standard InChI is InChI=1S/C19H15F7O2/c20-14-10(3-5-12(27)16(14)22)18(7-1-2-9(8-18)19(24,25)26)11-4-6-13(28)17(23)15(11)21/h3-6,9,27-28H,1-2,7-8H2. The van der Waals surface area contributed by atoms with Crippen molar-refractivity contribution in [1.82, 2.24) is 0 Å². The third-order valence-corrected chi connectivity index (χ3v) is 5.37. The van der Waals surface area contributed by atoms with Gasteiger partial charge in [0.25, 0.3) is 0 Å². The predicted octanol–water partition coefficient (Wildman–Crippen LogP) is 5.69. The van der Waals surface area contributed by atoms with Gasteiger partial charge in [0.05, 0.1) is 5.92 Å². The van der Waals surface area contributed by atoms with Crippen molar-refractivity contribution in [3.05, 3.63) is 58.7 Å². The molecule has 0 aliphatic heterocycles. The van der Waals surface area contributed by atoms with Gasteiger partial charge in [-0.3, -0.25) is 0 Å². The summed E-state index contributed by atoms with van der Waals surface area (Å²) in [6.45, 7) is 0. The number of hydrogen-bond acceptors (Lipinski definition) is 2. The van der Waals surface area contributed by atoms with Crippen LogP contribution in [-0.2, 0) is 5.41 Å². The molecule has 0 bridgehead atoms. The van der Waals surface area contributed by atoms with Crippen molar-refractivity contribution in [2.75, 3.05) is 0 Å². The van der Waals surface area contributed by atoms with Gasteiger partial charge in [-0.2, -0.15) is 22.0 Å². The van der Waals surface area contributed by atoms with Crippen molar-refractivity contribution in [2.45, 2.75) is 37.3 Å². The van der Waals surface area contributed by atoms with Crippen molar-refractivity contribution in [2.24, 2.45) is 5.92 Å². The molecule has 152 valence electrons. The number of phenolic OH excluding ortho intramolecular Hbond substituents is 2. The lowest BCUT2D eigenvalue weighted by atomic mass is 9.62. The molecule has 2 nitrogen and oxygen atoms in total. The van der Waals surface area contributed by atoms with Gasteiger partial charge < -0.3 is 10.2 Å². The van der Waals surface area contributed by atoms with E-state index in [1.54, 1.807) is 0 Å². The van der Waals surface area contributed by atoms with Crippen LogP contribution < -0.4 is 0 Å². The molecule has 0 saturated heterocycles. The highest BCUT2D eigenvalue weighted by Crippen LogP contribution is 2.53. The minimum absolute atomic E-state index is 0.103. The molecule has 1 fully saturated rings. The zero-order valence-corrected chi connectivity index (χ0v) is 14.3. The van der Waals surface area contributed by atoms with Crippen molar-refractivity contribution >= 4 is 0 Å². The zero-order chi connectivity index (χ0) is 20.9. The van der Waals surface area contributed by atoms with Crippen LogP contribution in [0.25, 0.3) is 0 Å². The van der Waals surface area contributed by atoms with Gasteiger partial charge in [-0.15, -0.1) is 0 Å². The molecule has 3 rings (SSSR count). The van der Waals surface area contributed by atoms with Gasteiger partial charge in [0, 0.05) is 16.5 Å². The number of benzene rings is 2. The van der Waals surface area contributed by atoms with E-state index in [2.05, 4.69) is 0 Å².